The molecule has 1 amide bonds. The largest absolute Gasteiger partial charge is 0.478 e. The maximum absolute atomic E-state index is 11.6. The molecule has 1 aromatic carbocycles. The molecular weight excluding hydrogens is 260 g/mol. The lowest BCUT2D eigenvalue weighted by atomic mass is 10.1. The highest BCUT2D eigenvalue weighted by atomic mass is 16.5. The molecule has 0 spiro atoms. The number of carboxylic acid groups (broad SMARTS) is 1. The van der Waals surface area contributed by atoms with Crippen LogP contribution < -0.4 is 5.32 Å². The average molecular weight is 272 g/mol. The van der Waals surface area contributed by atoms with E-state index in [1.54, 1.807) is 12.1 Å². The van der Waals surface area contributed by atoms with Gasteiger partial charge in [-0.15, -0.1) is 0 Å². The van der Waals surface area contributed by atoms with E-state index in [4.69, 9.17) is 5.11 Å². The molecule has 20 heavy (non-hydrogen) atoms. The van der Waals surface area contributed by atoms with Crippen molar-refractivity contribution in [2.24, 2.45) is 0 Å². The monoisotopic (exact) mass is 272 g/mol. The van der Waals surface area contributed by atoms with Crippen LogP contribution in [0.2, 0.25) is 0 Å². The Hall–Kier alpha value is -2.89. The average Bonchev–Trinajstić information content (AvgIpc) is 2.98. The lowest BCUT2D eigenvalue weighted by Crippen LogP contribution is -2.22. The van der Waals surface area contributed by atoms with Crippen molar-refractivity contribution < 1.29 is 19.2 Å². The number of benzene rings is 1. The number of amides is 1. The highest BCUT2D eigenvalue weighted by molar-refractivity contribution is 5.91. The van der Waals surface area contributed by atoms with Gasteiger partial charge in [-0.3, -0.25) is 4.79 Å². The summed E-state index contributed by atoms with van der Waals surface area (Å²) in [6.45, 7) is 0.356. The minimum Gasteiger partial charge on any atom is -0.478 e. The fourth-order valence-corrected chi connectivity index (χ4v) is 1.52. The zero-order valence-electron chi connectivity index (χ0n) is 10.4. The van der Waals surface area contributed by atoms with Gasteiger partial charge in [-0.25, -0.2) is 4.79 Å². The zero-order valence-corrected chi connectivity index (χ0v) is 10.4. The number of nitrogens with zero attached hydrogens (tertiary/aromatic N) is 1. The van der Waals surface area contributed by atoms with Crippen molar-refractivity contribution in [3.63, 3.8) is 0 Å². The molecule has 6 heteroatoms. The van der Waals surface area contributed by atoms with E-state index in [0.717, 1.165) is 17.2 Å². The van der Waals surface area contributed by atoms with Gasteiger partial charge >= 0.3 is 5.97 Å². The van der Waals surface area contributed by atoms with Gasteiger partial charge in [0.05, 0.1) is 0 Å². The van der Waals surface area contributed by atoms with Gasteiger partial charge in [0.2, 0.25) is 0 Å². The molecule has 2 rings (SSSR count). The predicted molar refractivity (Wildman–Crippen MR) is 70.8 cm³/mol. The van der Waals surface area contributed by atoms with Crippen molar-refractivity contribution >= 4 is 18.0 Å². The summed E-state index contributed by atoms with van der Waals surface area (Å²) in [4.78, 5) is 22.0. The Bertz CT molecular complexity index is 615. The van der Waals surface area contributed by atoms with Gasteiger partial charge in [-0.2, -0.15) is 0 Å². The second-order valence-electron chi connectivity index (χ2n) is 3.98. The molecule has 0 atom stereocenters. The summed E-state index contributed by atoms with van der Waals surface area (Å²) in [5.41, 5.74) is 1.90. The fourth-order valence-electron chi connectivity index (χ4n) is 1.52. The summed E-state index contributed by atoms with van der Waals surface area (Å²) in [6, 6.07) is 8.65. The van der Waals surface area contributed by atoms with Crippen LogP contribution in [0.4, 0.5) is 0 Å². The molecule has 102 valence electrons. The second-order valence-corrected chi connectivity index (χ2v) is 3.98. The van der Waals surface area contributed by atoms with E-state index in [9.17, 15) is 9.59 Å². The lowest BCUT2D eigenvalue weighted by Gasteiger charge is -2.03. The third kappa shape index (κ3) is 3.81. The summed E-state index contributed by atoms with van der Waals surface area (Å²) >= 11 is 0. The molecule has 0 unspecified atom stereocenters. The molecule has 0 aliphatic carbocycles. The Balaban J connectivity index is 1.91. The number of aromatic nitrogens is 1. The van der Waals surface area contributed by atoms with E-state index in [1.165, 1.54) is 18.4 Å². The van der Waals surface area contributed by atoms with Crippen LogP contribution in [0.5, 0.6) is 0 Å². The number of rotatable bonds is 5. The number of nitrogens with one attached hydrogen (secondary N) is 1. The maximum Gasteiger partial charge on any atom is 0.328 e. The lowest BCUT2D eigenvalue weighted by molar-refractivity contribution is -0.131. The minimum atomic E-state index is -0.992. The number of carbonyl (C=O) groups excluding carboxylic acids is 1. The number of hydrogen-bond acceptors (Lipinski definition) is 4. The molecular formula is C14H12N2O4. The number of aliphatic carboxylic acids is 1. The topological polar surface area (TPSA) is 92.4 Å². The Morgan fingerprint density at radius 2 is 2.00 bits per heavy atom. The van der Waals surface area contributed by atoms with E-state index < -0.39 is 5.97 Å². The quantitative estimate of drug-likeness (QED) is 0.808. The minimum absolute atomic E-state index is 0.228. The molecule has 1 heterocycles. The fraction of sp³-hybridized carbons (Fsp3) is 0.0714. The third-order valence-electron chi connectivity index (χ3n) is 2.52. The van der Waals surface area contributed by atoms with Gasteiger partial charge in [0, 0.05) is 18.7 Å². The first-order chi connectivity index (χ1) is 9.65. The first kappa shape index (κ1) is 13.5. The standard InChI is InChI=1S/C14H12N2O4/c17-13(18)6-5-10-1-3-11(4-2-10)9-15-14(19)12-7-8-20-16-12/h1-8H,9H2,(H,15,19)(H,17,18). The van der Waals surface area contributed by atoms with Crippen LogP contribution in [0.3, 0.4) is 0 Å². The normalized spacial score (nSPS) is 10.6. The summed E-state index contributed by atoms with van der Waals surface area (Å²) in [6.07, 6.45) is 3.90. The number of carbonyl (C=O) groups is 2. The molecule has 2 N–H and O–H groups in total. The van der Waals surface area contributed by atoms with Gasteiger partial charge < -0.3 is 14.9 Å². The molecule has 6 nitrogen and oxygen atoms in total. The van der Waals surface area contributed by atoms with Gasteiger partial charge in [0.1, 0.15) is 6.26 Å². The Kier molecular flexibility index (Phi) is 4.28. The van der Waals surface area contributed by atoms with Crippen molar-refractivity contribution in [2.75, 3.05) is 0 Å². The van der Waals surface area contributed by atoms with Crippen LogP contribution in [-0.4, -0.2) is 22.1 Å². The van der Waals surface area contributed by atoms with Crippen molar-refractivity contribution in [1.82, 2.24) is 10.5 Å². The summed E-state index contributed by atoms with van der Waals surface area (Å²) in [5, 5.41) is 14.7. The first-order valence-electron chi connectivity index (χ1n) is 5.83. The smallest absolute Gasteiger partial charge is 0.328 e. The van der Waals surface area contributed by atoms with Gasteiger partial charge in [-0.1, -0.05) is 29.4 Å². The van der Waals surface area contributed by atoms with E-state index >= 15 is 0 Å². The van der Waals surface area contributed by atoms with Crippen molar-refractivity contribution in [3.8, 4) is 0 Å². The number of carboxylic acids is 1. The Morgan fingerprint density at radius 1 is 1.25 bits per heavy atom. The molecule has 0 radical (unpaired) electrons. The molecule has 1 aromatic heterocycles. The maximum atomic E-state index is 11.6. The highest BCUT2D eigenvalue weighted by Gasteiger charge is 2.07. The van der Waals surface area contributed by atoms with E-state index in [-0.39, 0.29) is 11.6 Å². The highest BCUT2D eigenvalue weighted by Crippen LogP contribution is 2.06. The molecule has 0 bridgehead atoms. The third-order valence-corrected chi connectivity index (χ3v) is 2.52. The van der Waals surface area contributed by atoms with Crippen LogP contribution in [-0.2, 0) is 11.3 Å². The molecule has 0 aliphatic rings. The van der Waals surface area contributed by atoms with Crippen LogP contribution in [0.25, 0.3) is 6.08 Å². The van der Waals surface area contributed by atoms with Crippen molar-refractivity contribution in [3.05, 3.63) is 59.5 Å². The molecule has 0 saturated carbocycles. The number of hydrogen-bond donors (Lipinski definition) is 2. The molecule has 0 aliphatic heterocycles. The van der Waals surface area contributed by atoms with Gasteiger partial charge in [0.25, 0.3) is 5.91 Å². The molecule has 0 saturated heterocycles. The zero-order chi connectivity index (χ0) is 14.4. The first-order valence-corrected chi connectivity index (χ1v) is 5.83. The summed E-state index contributed by atoms with van der Waals surface area (Å²) in [7, 11) is 0. The molecule has 0 fully saturated rings. The SMILES string of the molecule is O=C(O)C=Cc1ccc(CNC(=O)c2ccon2)cc1. The molecule has 2 aromatic rings. The van der Waals surface area contributed by atoms with E-state index in [2.05, 4.69) is 15.0 Å². The van der Waals surface area contributed by atoms with Gasteiger partial charge in [-0.05, 0) is 17.2 Å². The van der Waals surface area contributed by atoms with Crippen molar-refractivity contribution in [1.29, 1.82) is 0 Å². The van der Waals surface area contributed by atoms with Crippen LogP contribution in [0.1, 0.15) is 21.6 Å². The van der Waals surface area contributed by atoms with E-state index in [1.807, 2.05) is 12.1 Å². The van der Waals surface area contributed by atoms with Crippen LogP contribution >= 0.6 is 0 Å². The van der Waals surface area contributed by atoms with Crippen LogP contribution in [0.15, 0.2) is 47.2 Å². The predicted octanol–water partition coefficient (Wildman–Crippen LogP) is 1.70. The van der Waals surface area contributed by atoms with Crippen molar-refractivity contribution in [2.45, 2.75) is 6.54 Å². The second kappa shape index (κ2) is 6.33. The summed E-state index contributed by atoms with van der Waals surface area (Å²) < 4.78 is 4.58. The van der Waals surface area contributed by atoms with Crippen LogP contribution in [0, 0.1) is 0 Å². The Morgan fingerprint density at radius 3 is 2.60 bits per heavy atom. The van der Waals surface area contributed by atoms with E-state index in [0.29, 0.717) is 6.54 Å². The Labute approximate surface area is 114 Å². The van der Waals surface area contributed by atoms with Gasteiger partial charge in [0.15, 0.2) is 5.69 Å². The summed E-state index contributed by atoms with van der Waals surface area (Å²) in [5.74, 6) is -1.30.